The van der Waals surface area contributed by atoms with Gasteiger partial charge in [0, 0.05) is 11.4 Å². The lowest BCUT2D eigenvalue weighted by molar-refractivity contribution is 0.481. The summed E-state index contributed by atoms with van der Waals surface area (Å²) in [5.74, 6) is 1.55. The van der Waals surface area contributed by atoms with Gasteiger partial charge in [-0.3, -0.25) is 0 Å². The van der Waals surface area contributed by atoms with Gasteiger partial charge in [-0.15, -0.1) is 0 Å². The van der Waals surface area contributed by atoms with Crippen molar-refractivity contribution in [2.24, 2.45) is 5.92 Å². The third-order valence-electron chi connectivity index (χ3n) is 4.32. The van der Waals surface area contributed by atoms with Crippen molar-refractivity contribution >= 4 is 16.7 Å². The lowest BCUT2D eigenvalue weighted by atomic mass is 10.00. The summed E-state index contributed by atoms with van der Waals surface area (Å²) in [4.78, 5) is 4.63. The standard InChI is InChI=1S/C17H19N3/c1-12(13-6-2-3-7-13)19-17-10-14(11-18)15-8-4-5-9-16(15)20-17/h4-5,8-10,12-13H,2-3,6-7H2,1H3,(H,19,20). The first-order valence-corrected chi connectivity index (χ1v) is 7.34. The molecule has 0 aliphatic heterocycles. The van der Waals surface area contributed by atoms with Crippen molar-refractivity contribution in [3.63, 3.8) is 0 Å². The molecule has 1 saturated carbocycles. The molecule has 1 N–H and O–H groups in total. The number of hydrogen-bond acceptors (Lipinski definition) is 3. The highest BCUT2D eigenvalue weighted by Gasteiger charge is 2.21. The van der Waals surface area contributed by atoms with E-state index in [1.54, 1.807) is 0 Å². The number of fused-ring (bicyclic) bond motifs is 1. The van der Waals surface area contributed by atoms with Crippen LogP contribution in [0.4, 0.5) is 5.82 Å². The molecule has 1 fully saturated rings. The topological polar surface area (TPSA) is 48.7 Å². The number of benzene rings is 1. The van der Waals surface area contributed by atoms with Crippen LogP contribution in [-0.4, -0.2) is 11.0 Å². The smallest absolute Gasteiger partial charge is 0.128 e. The summed E-state index contributed by atoms with van der Waals surface area (Å²) in [7, 11) is 0. The van der Waals surface area contributed by atoms with Crippen LogP contribution >= 0.6 is 0 Å². The fourth-order valence-electron chi connectivity index (χ4n) is 3.15. The van der Waals surface area contributed by atoms with Crippen molar-refractivity contribution in [1.82, 2.24) is 4.98 Å². The van der Waals surface area contributed by atoms with E-state index in [2.05, 4.69) is 23.3 Å². The van der Waals surface area contributed by atoms with Crippen molar-refractivity contribution in [1.29, 1.82) is 5.26 Å². The second-order valence-corrected chi connectivity index (χ2v) is 5.66. The van der Waals surface area contributed by atoms with Gasteiger partial charge in [0.15, 0.2) is 0 Å². The summed E-state index contributed by atoms with van der Waals surface area (Å²) in [6.45, 7) is 2.22. The third-order valence-corrected chi connectivity index (χ3v) is 4.32. The molecule has 3 nitrogen and oxygen atoms in total. The Morgan fingerprint density at radius 3 is 2.80 bits per heavy atom. The average molecular weight is 265 g/mol. The summed E-state index contributed by atoms with van der Waals surface area (Å²) in [5, 5.41) is 13.7. The molecule has 1 atom stereocenters. The number of anilines is 1. The Balaban J connectivity index is 1.90. The molecule has 0 spiro atoms. The predicted octanol–water partition coefficient (Wildman–Crippen LogP) is 4.10. The van der Waals surface area contributed by atoms with E-state index in [4.69, 9.17) is 0 Å². The van der Waals surface area contributed by atoms with Gasteiger partial charge in [-0.2, -0.15) is 5.26 Å². The van der Waals surface area contributed by atoms with Crippen LogP contribution < -0.4 is 5.32 Å². The SMILES string of the molecule is CC(Nc1cc(C#N)c2ccccc2n1)C1CCCC1. The van der Waals surface area contributed by atoms with Crippen molar-refractivity contribution in [3.8, 4) is 6.07 Å². The van der Waals surface area contributed by atoms with Gasteiger partial charge in [-0.05, 0) is 37.8 Å². The molecular weight excluding hydrogens is 246 g/mol. The maximum absolute atomic E-state index is 9.30. The second-order valence-electron chi connectivity index (χ2n) is 5.66. The fraction of sp³-hybridized carbons (Fsp3) is 0.412. The maximum atomic E-state index is 9.30. The molecule has 1 aromatic carbocycles. The molecule has 0 bridgehead atoms. The van der Waals surface area contributed by atoms with E-state index in [1.165, 1.54) is 25.7 Å². The van der Waals surface area contributed by atoms with Crippen LogP contribution in [0.25, 0.3) is 10.9 Å². The first-order valence-electron chi connectivity index (χ1n) is 7.34. The van der Waals surface area contributed by atoms with E-state index in [0.717, 1.165) is 22.6 Å². The molecular formula is C17H19N3. The van der Waals surface area contributed by atoms with E-state index >= 15 is 0 Å². The zero-order valence-corrected chi connectivity index (χ0v) is 11.8. The number of aromatic nitrogens is 1. The largest absolute Gasteiger partial charge is 0.367 e. The van der Waals surface area contributed by atoms with E-state index in [1.807, 2.05) is 30.3 Å². The lowest BCUT2D eigenvalue weighted by Crippen LogP contribution is -2.24. The number of nitriles is 1. The first kappa shape index (κ1) is 12.9. The normalized spacial score (nSPS) is 17.0. The maximum Gasteiger partial charge on any atom is 0.128 e. The fourth-order valence-corrected chi connectivity index (χ4v) is 3.15. The molecule has 20 heavy (non-hydrogen) atoms. The van der Waals surface area contributed by atoms with Gasteiger partial charge in [0.2, 0.25) is 0 Å². The second kappa shape index (κ2) is 5.50. The quantitative estimate of drug-likeness (QED) is 0.909. The molecule has 1 aliphatic carbocycles. The molecule has 1 aromatic heterocycles. The van der Waals surface area contributed by atoms with Crippen molar-refractivity contribution in [2.75, 3.05) is 5.32 Å². The summed E-state index contributed by atoms with van der Waals surface area (Å²) >= 11 is 0. The number of pyridine rings is 1. The number of hydrogen-bond donors (Lipinski definition) is 1. The summed E-state index contributed by atoms with van der Waals surface area (Å²) in [6, 6.07) is 12.4. The monoisotopic (exact) mass is 265 g/mol. The molecule has 102 valence electrons. The van der Waals surface area contributed by atoms with Crippen LogP contribution in [-0.2, 0) is 0 Å². The van der Waals surface area contributed by atoms with Crippen LogP contribution in [0, 0.1) is 17.2 Å². The van der Waals surface area contributed by atoms with Gasteiger partial charge in [-0.25, -0.2) is 4.98 Å². The van der Waals surface area contributed by atoms with Gasteiger partial charge in [0.1, 0.15) is 5.82 Å². The van der Waals surface area contributed by atoms with Crippen molar-refractivity contribution in [3.05, 3.63) is 35.9 Å². The Morgan fingerprint density at radius 1 is 1.30 bits per heavy atom. The minimum Gasteiger partial charge on any atom is -0.367 e. The highest BCUT2D eigenvalue weighted by molar-refractivity contribution is 5.86. The van der Waals surface area contributed by atoms with Gasteiger partial charge in [-0.1, -0.05) is 31.0 Å². The number of rotatable bonds is 3. The Hall–Kier alpha value is -2.08. The molecule has 3 heteroatoms. The minimum atomic E-state index is 0.415. The van der Waals surface area contributed by atoms with Crippen LogP contribution in [0.5, 0.6) is 0 Å². The Labute approximate surface area is 119 Å². The summed E-state index contributed by atoms with van der Waals surface area (Å²) in [5.41, 5.74) is 1.57. The van der Waals surface area contributed by atoms with Crippen LogP contribution in [0.15, 0.2) is 30.3 Å². The molecule has 2 aromatic rings. The third kappa shape index (κ3) is 2.46. The van der Waals surface area contributed by atoms with E-state index < -0.39 is 0 Å². The minimum absolute atomic E-state index is 0.415. The molecule has 1 unspecified atom stereocenters. The van der Waals surface area contributed by atoms with E-state index in [0.29, 0.717) is 11.6 Å². The number of para-hydroxylation sites is 1. The highest BCUT2D eigenvalue weighted by Crippen LogP contribution is 2.29. The van der Waals surface area contributed by atoms with Gasteiger partial charge < -0.3 is 5.32 Å². The highest BCUT2D eigenvalue weighted by atomic mass is 15.0. The molecule has 0 radical (unpaired) electrons. The van der Waals surface area contributed by atoms with Crippen LogP contribution in [0.2, 0.25) is 0 Å². The molecule has 1 aliphatic rings. The number of nitrogens with zero attached hydrogens (tertiary/aromatic N) is 2. The van der Waals surface area contributed by atoms with E-state index in [9.17, 15) is 5.26 Å². The van der Waals surface area contributed by atoms with Crippen molar-refractivity contribution in [2.45, 2.75) is 38.6 Å². The molecule has 1 heterocycles. The van der Waals surface area contributed by atoms with Crippen molar-refractivity contribution < 1.29 is 0 Å². The van der Waals surface area contributed by atoms with Gasteiger partial charge >= 0.3 is 0 Å². The molecule has 0 amide bonds. The Morgan fingerprint density at radius 2 is 2.05 bits per heavy atom. The predicted molar refractivity (Wildman–Crippen MR) is 81.5 cm³/mol. The Kier molecular flexibility index (Phi) is 3.56. The van der Waals surface area contributed by atoms with Crippen LogP contribution in [0.3, 0.4) is 0 Å². The first-order chi connectivity index (χ1) is 9.78. The zero-order chi connectivity index (χ0) is 13.9. The zero-order valence-electron chi connectivity index (χ0n) is 11.8. The molecule has 3 rings (SSSR count). The Bertz CT molecular complexity index is 651. The van der Waals surface area contributed by atoms with E-state index in [-0.39, 0.29) is 0 Å². The van der Waals surface area contributed by atoms with Crippen LogP contribution in [0.1, 0.15) is 38.2 Å². The summed E-state index contributed by atoms with van der Waals surface area (Å²) in [6.07, 6.45) is 5.27. The molecule has 0 saturated heterocycles. The number of nitrogens with one attached hydrogen (secondary N) is 1. The van der Waals surface area contributed by atoms with Gasteiger partial charge in [0.05, 0.1) is 17.1 Å². The van der Waals surface area contributed by atoms with Gasteiger partial charge in [0.25, 0.3) is 0 Å². The average Bonchev–Trinajstić information content (AvgIpc) is 3.00. The summed E-state index contributed by atoms with van der Waals surface area (Å²) < 4.78 is 0. The lowest BCUT2D eigenvalue weighted by Gasteiger charge is -2.21.